The van der Waals surface area contributed by atoms with E-state index in [4.69, 9.17) is 11.6 Å². The fraction of sp³-hybridized carbons (Fsp3) is 0.615. The standard InChI is InChI=1S/C13H17ClF3N3/c1-19-4-3-9(7-19)8-20(2)12-6-10(13(15,16)17)5-11(14)18-12/h5-6,9H,3-4,7-8H2,1-2H3. The van der Waals surface area contributed by atoms with Crippen LogP contribution >= 0.6 is 11.6 Å². The molecule has 7 heteroatoms. The van der Waals surface area contributed by atoms with E-state index in [1.165, 1.54) is 0 Å². The molecule has 3 nitrogen and oxygen atoms in total. The van der Waals surface area contributed by atoms with Crippen molar-refractivity contribution in [2.75, 3.05) is 38.6 Å². The molecule has 1 fully saturated rings. The lowest BCUT2D eigenvalue weighted by Crippen LogP contribution is -2.28. The smallest absolute Gasteiger partial charge is 0.359 e. The molecule has 0 radical (unpaired) electrons. The molecule has 20 heavy (non-hydrogen) atoms. The van der Waals surface area contributed by atoms with Gasteiger partial charge in [-0.25, -0.2) is 4.98 Å². The van der Waals surface area contributed by atoms with Gasteiger partial charge in [-0.1, -0.05) is 11.6 Å². The molecular weight excluding hydrogens is 291 g/mol. The molecular formula is C13H17ClF3N3. The van der Waals surface area contributed by atoms with Crippen LogP contribution in [0.25, 0.3) is 0 Å². The van der Waals surface area contributed by atoms with Crippen LogP contribution in [-0.2, 0) is 6.18 Å². The number of pyridine rings is 1. The third-order valence-electron chi connectivity index (χ3n) is 3.52. The van der Waals surface area contributed by atoms with E-state index in [1.807, 2.05) is 7.05 Å². The quantitative estimate of drug-likeness (QED) is 0.800. The molecule has 0 spiro atoms. The molecule has 1 aromatic rings. The van der Waals surface area contributed by atoms with Gasteiger partial charge in [-0.15, -0.1) is 0 Å². The van der Waals surface area contributed by atoms with E-state index >= 15 is 0 Å². The highest BCUT2D eigenvalue weighted by Gasteiger charge is 2.32. The van der Waals surface area contributed by atoms with E-state index in [1.54, 1.807) is 11.9 Å². The lowest BCUT2D eigenvalue weighted by Gasteiger charge is -2.23. The summed E-state index contributed by atoms with van der Waals surface area (Å²) in [6.07, 6.45) is -3.36. The van der Waals surface area contributed by atoms with Gasteiger partial charge in [0.2, 0.25) is 0 Å². The molecule has 1 aliphatic heterocycles. The van der Waals surface area contributed by atoms with Crippen molar-refractivity contribution in [1.82, 2.24) is 9.88 Å². The Morgan fingerprint density at radius 1 is 1.45 bits per heavy atom. The van der Waals surface area contributed by atoms with Crippen LogP contribution in [0.5, 0.6) is 0 Å². The number of rotatable bonds is 3. The molecule has 1 unspecified atom stereocenters. The normalized spacial score (nSPS) is 20.4. The van der Waals surface area contributed by atoms with Gasteiger partial charge in [-0.2, -0.15) is 13.2 Å². The lowest BCUT2D eigenvalue weighted by molar-refractivity contribution is -0.137. The van der Waals surface area contributed by atoms with Gasteiger partial charge in [0.25, 0.3) is 0 Å². The molecule has 1 aromatic heterocycles. The van der Waals surface area contributed by atoms with Crippen LogP contribution in [0.4, 0.5) is 19.0 Å². The summed E-state index contributed by atoms with van der Waals surface area (Å²) in [6.45, 7) is 2.65. The van der Waals surface area contributed by atoms with Crippen molar-refractivity contribution in [2.24, 2.45) is 5.92 Å². The summed E-state index contributed by atoms with van der Waals surface area (Å²) in [7, 11) is 3.79. The van der Waals surface area contributed by atoms with Crippen molar-refractivity contribution < 1.29 is 13.2 Å². The molecule has 0 aromatic carbocycles. The molecule has 1 aliphatic rings. The average molecular weight is 308 g/mol. The van der Waals surface area contributed by atoms with E-state index in [-0.39, 0.29) is 11.0 Å². The van der Waals surface area contributed by atoms with Gasteiger partial charge in [0.1, 0.15) is 11.0 Å². The number of alkyl halides is 3. The van der Waals surface area contributed by atoms with E-state index < -0.39 is 11.7 Å². The summed E-state index contributed by atoms with van der Waals surface area (Å²) in [5.74, 6) is 0.708. The van der Waals surface area contributed by atoms with Gasteiger partial charge in [-0.05, 0) is 38.1 Å². The minimum Gasteiger partial charge on any atom is -0.359 e. The molecule has 0 aliphatic carbocycles. The molecule has 2 heterocycles. The highest BCUT2D eigenvalue weighted by Crippen LogP contribution is 2.32. The fourth-order valence-electron chi connectivity index (χ4n) is 2.50. The van der Waals surface area contributed by atoms with Gasteiger partial charge < -0.3 is 9.80 Å². The molecule has 0 amide bonds. The van der Waals surface area contributed by atoms with Crippen molar-refractivity contribution in [3.63, 3.8) is 0 Å². The predicted molar refractivity (Wildman–Crippen MR) is 73.1 cm³/mol. The van der Waals surface area contributed by atoms with Crippen LogP contribution in [0, 0.1) is 5.92 Å². The maximum atomic E-state index is 12.8. The van der Waals surface area contributed by atoms with E-state index in [0.717, 1.165) is 31.6 Å². The van der Waals surface area contributed by atoms with Crippen molar-refractivity contribution in [2.45, 2.75) is 12.6 Å². The number of hydrogen-bond donors (Lipinski definition) is 0. The zero-order chi connectivity index (χ0) is 14.9. The zero-order valence-electron chi connectivity index (χ0n) is 11.4. The topological polar surface area (TPSA) is 19.4 Å². The van der Waals surface area contributed by atoms with Gasteiger partial charge >= 0.3 is 6.18 Å². The first-order valence-corrected chi connectivity index (χ1v) is 6.78. The molecule has 0 N–H and O–H groups in total. The second kappa shape index (κ2) is 5.77. The lowest BCUT2D eigenvalue weighted by atomic mass is 10.1. The van der Waals surface area contributed by atoms with Gasteiger partial charge in [0.05, 0.1) is 5.56 Å². The first-order chi connectivity index (χ1) is 9.25. The van der Waals surface area contributed by atoms with Gasteiger partial charge in [-0.3, -0.25) is 0 Å². The highest BCUT2D eigenvalue weighted by atomic mass is 35.5. The minimum absolute atomic E-state index is 0.134. The minimum atomic E-state index is -4.41. The Morgan fingerprint density at radius 3 is 2.70 bits per heavy atom. The van der Waals surface area contributed by atoms with Crippen LogP contribution in [0.2, 0.25) is 5.15 Å². The van der Waals surface area contributed by atoms with Crippen molar-refractivity contribution in [1.29, 1.82) is 0 Å². The molecule has 0 bridgehead atoms. The summed E-state index contributed by atoms with van der Waals surface area (Å²) < 4.78 is 38.3. The molecule has 1 atom stereocenters. The van der Waals surface area contributed by atoms with Gasteiger partial charge in [0, 0.05) is 20.1 Å². The first kappa shape index (κ1) is 15.4. The third kappa shape index (κ3) is 3.76. The van der Waals surface area contributed by atoms with Crippen LogP contribution in [0.15, 0.2) is 12.1 Å². The van der Waals surface area contributed by atoms with Crippen LogP contribution < -0.4 is 4.90 Å². The average Bonchev–Trinajstić information content (AvgIpc) is 2.72. The first-order valence-electron chi connectivity index (χ1n) is 6.40. The SMILES string of the molecule is CN1CCC(CN(C)c2cc(C(F)(F)F)cc(Cl)n2)C1. The molecule has 0 saturated carbocycles. The maximum Gasteiger partial charge on any atom is 0.416 e. The summed E-state index contributed by atoms with van der Waals surface area (Å²) in [4.78, 5) is 7.94. The van der Waals surface area contributed by atoms with E-state index in [0.29, 0.717) is 12.5 Å². The van der Waals surface area contributed by atoms with E-state index in [9.17, 15) is 13.2 Å². The van der Waals surface area contributed by atoms with Crippen LogP contribution in [-0.4, -0.2) is 43.6 Å². The Labute approximate surface area is 121 Å². The second-order valence-corrected chi connectivity index (χ2v) is 5.72. The Hall–Kier alpha value is -1.01. The summed E-state index contributed by atoms with van der Waals surface area (Å²) in [6, 6.07) is 1.90. The van der Waals surface area contributed by atoms with Gasteiger partial charge in [0.15, 0.2) is 0 Å². The number of aromatic nitrogens is 1. The molecule has 112 valence electrons. The van der Waals surface area contributed by atoms with Crippen molar-refractivity contribution in [3.8, 4) is 0 Å². The zero-order valence-corrected chi connectivity index (χ0v) is 12.2. The maximum absolute atomic E-state index is 12.8. The summed E-state index contributed by atoms with van der Waals surface area (Å²) in [5, 5.41) is -0.134. The Bertz CT molecular complexity index is 478. The summed E-state index contributed by atoms with van der Waals surface area (Å²) >= 11 is 5.69. The number of nitrogens with zero attached hydrogens (tertiary/aromatic N) is 3. The number of anilines is 1. The second-order valence-electron chi connectivity index (χ2n) is 5.33. The number of halogens is 4. The Kier molecular flexibility index (Phi) is 4.44. The summed E-state index contributed by atoms with van der Waals surface area (Å²) in [5.41, 5.74) is -0.761. The highest BCUT2D eigenvalue weighted by molar-refractivity contribution is 6.29. The number of hydrogen-bond acceptors (Lipinski definition) is 3. The largest absolute Gasteiger partial charge is 0.416 e. The predicted octanol–water partition coefficient (Wildman–Crippen LogP) is 3.14. The monoisotopic (exact) mass is 307 g/mol. The van der Waals surface area contributed by atoms with Crippen molar-refractivity contribution in [3.05, 3.63) is 22.8 Å². The third-order valence-corrected chi connectivity index (χ3v) is 3.71. The van der Waals surface area contributed by atoms with E-state index in [2.05, 4.69) is 9.88 Å². The molecule has 1 saturated heterocycles. The molecule has 2 rings (SSSR count). The van der Waals surface area contributed by atoms with Crippen LogP contribution in [0.1, 0.15) is 12.0 Å². The number of likely N-dealkylation sites (tertiary alicyclic amines) is 1. The Balaban J connectivity index is 2.13. The Morgan fingerprint density at radius 2 is 2.15 bits per heavy atom. The van der Waals surface area contributed by atoms with Crippen molar-refractivity contribution >= 4 is 17.4 Å². The fourth-order valence-corrected chi connectivity index (χ4v) is 2.70. The van der Waals surface area contributed by atoms with Crippen LogP contribution in [0.3, 0.4) is 0 Å².